The molecule has 1 aliphatic heterocycles. The molecule has 124 valence electrons. The number of carbonyl (C=O) groups is 1. The molecule has 0 bridgehead atoms. The maximum Gasteiger partial charge on any atom is 0.232 e. The summed E-state index contributed by atoms with van der Waals surface area (Å²) in [4.78, 5) is 12.3. The highest BCUT2D eigenvalue weighted by molar-refractivity contribution is 6.14. The lowest BCUT2D eigenvalue weighted by atomic mass is 10.1. The number of furan rings is 1. The first kappa shape index (κ1) is 15.2. The number of rotatable bonds is 4. The Morgan fingerprint density at radius 3 is 2.76 bits per heavy atom. The van der Waals surface area contributed by atoms with Crippen LogP contribution in [0.5, 0.6) is 11.5 Å². The van der Waals surface area contributed by atoms with Gasteiger partial charge in [-0.3, -0.25) is 4.79 Å². The molecule has 0 saturated heterocycles. The van der Waals surface area contributed by atoms with E-state index in [1.165, 1.54) is 12.3 Å². The second-order valence-corrected chi connectivity index (χ2v) is 5.49. The number of halogens is 1. The van der Waals surface area contributed by atoms with Gasteiger partial charge in [0.25, 0.3) is 0 Å². The fourth-order valence-corrected chi connectivity index (χ4v) is 2.54. The summed E-state index contributed by atoms with van der Waals surface area (Å²) in [5.74, 6) is 1.09. The lowest BCUT2D eigenvalue weighted by Gasteiger charge is -2.08. The van der Waals surface area contributed by atoms with E-state index in [0.29, 0.717) is 28.4 Å². The number of carbonyl (C=O) groups excluding carboxylic acids is 1. The molecule has 1 aromatic heterocycles. The summed E-state index contributed by atoms with van der Waals surface area (Å²) in [6, 6.07) is 14.8. The van der Waals surface area contributed by atoms with Crippen LogP contribution in [0.3, 0.4) is 0 Å². The first-order chi connectivity index (χ1) is 12.2. The lowest BCUT2D eigenvalue weighted by Crippen LogP contribution is -1.98. The Morgan fingerprint density at radius 2 is 1.96 bits per heavy atom. The average molecular weight is 336 g/mol. The van der Waals surface area contributed by atoms with Crippen molar-refractivity contribution in [3.05, 3.63) is 89.3 Å². The van der Waals surface area contributed by atoms with Gasteiger partial charge < -0.3 is 13.9 Å². The van der Waals surface area contributed by atoms with Gasteiger partial charge in [0.2, 0.25) is 5.78 Å². The van der Waals surface area contributed by atoms with Crippen LogP contribution in [0.2, 0.25) is 0 Å². The maximum atomic E-state index is 13.6. The van der Waals surface area contributed by atoms with Crippen molar-refractivity contribution >= 4 is 11.9 Å². The molecule has 4 nitrogen and oxygen atoms in total. The summed E-state index contributed by atoms with van der Waals surface area (Å²) >= 11 is 0. The zero-order valence-electron chi connectivity index (χ0n) is 13.1. The SMILES string of the molecule is O=C1/C(=C\c2ccco2)Oc2cc(OCc3ccccc3F)ccc21. The highest BCUT2D eigenvalue weighted by Crippen LogP contribution is 2.35. The van der Waals surface area contributed by atoms with Crippen molar-refractivity contribution in [1.82, 2.24) is 0 Å². The van der Waals surface area contributed by atoms with Gasteiger partial charge in [-0.05, 0) is 30.3 Å². The van der Waals surface area contributed by atoms with Gasteiger partial charge in [0, 0.05) is 17.7 Å². The van der Waals surface area contributed by atoms with E-state index in [2.05, 4.69) is 0 Å². The quantitative estimate of drug-likeness (QED) is 0.653. The Morgan fingerprint density at radius 1 is 1.08 bits per heavy atom. The largest absolute Gasteiger partial charge is 0.489 e. The van der Waals surface area contributed by atoms with E-state index in [1.807, 2.05) is 0 Å². The third kappa shape index (κ3) is 3.04. The van der Waals surface area contributed by atoms with Crippen molar-refractivity contribution in [2.45, 2.75) is 6.61 Å². The fraction of sp³-hybridized carbons (Fsp3) is 0.0500. The molecule has 0 spiro atoms. The molecular weight excluding hydrogens is 323 g/mol. The van der Waals surface area contributed by atoms with Crippen LogP contribution in [0.4, 0.5) is 4.39 Å². The minimum atomic E-state index is -0.321. The molecular formula is C20H13FO4. The van der Waals surface area contributed by atoms with E-state index in [1.54, 1.807) is 54.6 Å². The number of ketones is 1. The van der Waals surface area contributed by atoms with E-state index < -0.39 is 0 Å². The Balaban J connectivity index is 1.52. The highest BCUT2D eigenvalue weighted by atomic mass is 19.1. The molecule has 0 unspecified atom stereocenters. The molecule has 4 rings (SSSR count). The van der Waals surface area contributed by atoms with Crippen molar-refractivity contribution in [2.75, 3.05) is 0 Å². The lowest BCUT2D eigenvalue weighted by molar-refractivity contribution is 0.101. The Bertz CT molecular complexity index is 958. The molecule has 1 aliphatic rings. The van der Waals surface area contributed by atoms with Crippen LogP contribution in [0.25, 0.3) is 6.08 Å². The minimum Gasteiger partial charge on any atom is -0.489 e. The molecule has 5 heteroatoms. The van der Waals surface area contributed by atoms with Gasteiger partial charge in [-0.25, -0.2) is 4.39 Å². The molecule has 0 saturated carbocycles. The molecule has 0 amide bonds. The van der Waals surface area contributed by atoms with Crippen LogP contribution in [0.15, 0.2) is 71.0 Å². The van der Waals surface area contributed by atoms with Crippen molar-refractivity contribution in [3.63, 3.8) is 0 Å². The van der Waals surface area contributed by atoms with Crippen LogP contribution in [0, 0.1) is 5.82 Å². The minimum absolute atomic E-state index is 0.0918. The number of benzene rings is 2. The standard InChI is InChI=1S/C20H13FO4/c21-17-6-2-1-4-13(17)12-24-15-7-8-16-18(10-15)25-19(20(16)22)11-14-5-3-9-23-14/h1-11H,12H2/b19-11+. The molecule has 0 radical (unpaired) electrons. The van der Waals surface area contributed by atoms with Gasteiger partial charge in [0.15, 0.2) is 5.76 Å². The zero-order valence-corrected chi connectivity index (χ0v) is 13.1. The zero-order chi connectivity index (χ0) is 17.2. The highest BCUT2D eigenvalue weighted by Gasteiger charge is 2.28. The van der Waals surface area contributed by atoms with Crippen molar-refractivity contribution < 1.29 is 23.1 Å². The monoisotopic (exact) mass is 336 g/mol. The van der Waals surface area contributed by atoms with E-state index >= 15 is 0 Å². The van der Waals surface area contributed by atoms with Gasteiger partial charge in [0.1, 0.15) is 29.7 Å². The third-order valence-corrected chi connectivity index (χ3v) is 3.81. The van der Waals surface area contributed by atoms with Crippen LogP contribution in [0.1, 0.15) is 21.7 Å². The molecule has 2 aromatic carbocycles. The number of ether oxygens (including phenoxy) is 2. The number of hydrogen-bond donors (Lipinski definition) is 0. The van der Waals surface area contributed by atoms with E-state index in [0.717, 1.165) is 0 Å². The fourth-order valence-electron chi connectivity index (χ4n) is 2.54. The van der Waals surface area contributed by atoms with Crippen molar-refractivity contribution in [1.29, 1.82) is 0 Å². The predicted molar refractivity (Wildman–Crippen MR) is 88.8 cm³/mol. The molecule has 3 aromatic rings. The van der Waals surface area contributed by atoms with E-state index in [9.17, 15) is 9.18 Å². The Hall–Kier alpha value is -3.34. The van der Waals surface area contributed by atoms with E-state index in [-0.39, 0.29) is 24.0 Å². The van der Waals surface area contributed by atoms with E-state index in [4.69, 9.17) is 13.9 Å². The van der Waals surface area contributed by atoms with Gasteiger partial charge >= 0.3 is 0 Å². The number of fused-ring (bicyclic) bond motifs is 1. The first-order valence-electron chi connectivity index (χ1n) is 7.69. The second-order valence-electron chi connectivity index (χ2n) is 5.49. The summed E-state index contributed by atoms with van der Waals surface area (Å²) in [5, 5.41) is 0. The van der Waals surface area contributed by atoms with Crippen LogP contribution >= 0.6 is 0 Å². The summed E-state index contributed by atoms with van der Waals surface area (Å²) in [6.45, 7) is 0.0918. The molecule has 2 heterocycles. The molecule has 0 atom stereocenters. The van der Waals surface area contributed by atoms with Gasteiger partial charge in [0.05, 0.1) is 11.8 Å². The Kier molecular flexibility index (Phi) is 3.82. The number of hydrogen-bond acceptors (Lipinski definition) is 4. The van der Waals surface area contributed by atoms with Gasteiger partial charge in [-0.1, -0.05) is 18.2 Å². The normalized spacial score (nSPS) is 14.4. The molecule has 0 aliphatic carbocycles. The van der Waals surface area contributed by atoms with Gasteiger partial charge in [-0.2, -0.15) is 0 Å². The summed E-state index contributed by atoms with van der Waals surface area (Å²) in [7, 11) is 0. The smallest absolute Gasteiger partial charge is 0.232 e. The van der Waals surface area contributed by atoms with Crippen LogP contribution in [-0.2, 0) is 6.61 Å². The summed E-state index contributed by atoms with van der Waals surface area (Å²) < 4.78 is 30.0. The van der Waals surface area contributed by atoms with Crippen LogP contribution in [-0.4, -0.2) is 5.78 Å². The predicted octanol–water partition coefficient (Wildman–Crippen LogP) is 4.61. The van der Waals surface area contributed by atoms with Crippen molar-refractivity contribution in [2.24, 2.45) is 0 Å². The summed E-state index contributed by atoms with van der Waals surface area (Å²) in [6.07, 6.45) is 3.07. The third-order valence-electron chi connectivity index (χ3n) is 3.81. The topological polar surface area (TPSA) is 48.7 Å². The summed E-state index contributed by atoms with van der Waals surface area (Å²) in [5.41, 5.74) is 0.912. The molecule has 0 fully saturated rings. The van der Waals surface area contributed by atoms with Gasteiger partial charge in [-0.15, -0.1) is 0 Å². The Labute approximate surface area is 143 Å². The molecule has 25 heavy (non-hydrogen) atoms. The van der Waals surface area contributed by atoms with Crippen molar-refractivity contribution in [3.8, 4) is 11.5 Å². The molecule has 0 N–H and O–H groups in total. The number of allylic oxidation sites excluding steroid dienone is 1. The number of Topliss-reactive ketones (excluding diaryl/α,β-unsaturated/α-hetero) is 1. The second kappa shape index (κ2) is 6.28. The maximum absolute atomic E-state index is 13.6. The first-order valence-corrected chi connectivity index (χ1v) is 7.69. The average Bonchev–Trinajstić information content (AvgIpc) is 3.23. The van der Waals surface area contributed by atoms with Crippen LogP contribution < -0.4 is 9.47 Å².